The van der Waals surface area contributed by atoms with Crippen molar-refractivity contribution in [3.8, 4) is 0 Å². The SMILES string of the molecule is C[C@@H]1CC=C[C@@]2(C)[C@]1(C)CC[C@]21C(=O)O[C@@H]2O[C@@H]21. The second-order valence-electron chi connectivity index (χ2n) is 6.96. The van der Waals surface area contributed by atoms with Crippen LogP contribution in [0.15, 0.2) is 12.2 Å². The van der Waals surface area contributed by atoms with Gasteiger partial charge in [-0.15, -0.1) is 0 Å². The summed E-state index contributed by atoms with van der Waals surface area (Å²) in [7, 11) is 0. The minimum absolute atomic E-state index is 0.00627. The van der Waals surface area contributed by atoms with Gasteiger partial charge in [-0.1, -0.05) is 32.9 Å². The minimum atomic E-state index is -0.419. The molecule has 98 valence electrons. The van der Waals surface area contributed by atoms with Gasteiger partial charge in [0.2, 0.25) is 6.29 Å². The number of esters is 1. The Labute approximate surface area is 108 Å². The number of hydrogen-bond acceptors (Lipinski definition) is 3. The van der Waals surface area contributed by atoms with Crippen molar-refractivity contribution in [2.45, 2.75) is 52.4 Å². The van der Waals surface area contributed by atoms with Crippen LogP contribution >= 0.6 is 0 Å². The molecule has 2 saturated heterocycles. The molecule has 1 saturated carbocycles. The van der Waals surface area contributed by atoms with E-state index in [0.717, 1.165) is 19.3 Å². The molecule has 6 atom stereocenters. The molecule has 0 unspecified atom stereocenters. The molecule has 0 N–H and O–H groups in total. The summed E-state index contributed by atoms with van der Waals surface area (Å²) in [6.07, 6.45) is 7.42. The van der Waals surface area contributed by atoms with Crippen LogP contribution in [0.4, 0.5) is 0 Å². The largest absolute Gasteiger partial charge is 0.432 e. The molecule has 1 spiro atoms. The van der Waals surface area contributed by atoms with Gasteiger partial charge in [-0.3, -0.25) is 4.79 Å². The van der Waals surface area contributed by atoms with E-state index in [-0.39, 0.29) is 29.2 Å². The fourth-order valence-corrected chi connectivity index (χ4v) is 4.97. The highest BCUT2D eigenvalue weighted by molar-refractivity contribution is 5.83. The number of carbonyl (C=O) groups is 1. The number of epoxide rings is 1. The van der Waals surface area contributed by atoms with E-state index < -0.39 is 5.41 Å². The third kappa shape index (κ3) is 0.870. The molecule has 0 amide bonds. The lowest BCUT2D eigenvalue weighted by Gasteiger charge is -2.51. The monoisotopic (exact) mass is 248 g/mol. The van der Waals surface area contributed by atoms with Crippen LogP contribution in [0.3, 0.4) is 0 Å². The molecule has 2 heterocycles. The van der Waals surface area contributed by atoms with E-state index >= 15 is 0 Å². The molecule has 3 nitrogen and oxygen atoms in total. The minimum Gasteiger partial charge on any atom is -0.432 e. The molecule has 2 aliphatic carbocycles. The van der Waals surface area contributed by atoms with E-state index in [9.17, 15) is 4.79 Å². The Bertz CT molecular complexity index is 470. The molecule has 0 aromatic rings. The quantitative estimate of drug-likeness (QED) is 0.376. The molecule has 4 aliphatic rings. The van der Waals surface area contributed by atoms with Gasteiger partial charge < -0.3 is 9.47 Å². The number of hydrogen-bond donors (Lipinski definition) is 0. The van der Waals surface area contributed by atoms with Gasteiger partial charge in [-0.25, -0.2) is 0 Å². The molecule has 0 aromatic heterocycles. The van der Waals surface area contributed by atoms with E-state index in [1.807, 2.05) is 0 Å². The van der Waals surface area contributed by atoms with Crippen LogP contribution in [0.2, 0.25) is 0 Å². The fourth-order valence-electron chi connectivity index (χ4n) is 4.97. The van der Waals surface area contributed by atoms with Gasteiger partial charge in [0.1, 0.15) is 11.5 Å². The first-order chi connectivity index (χ1) is 8.46. The lowest BCUT2D eigenvalue weighted by Crippen LogP contribution is -2.52. The van der Waals surface area contributed by atoms with Crippen LogP contribution in [0.5, 0.6) is 0 Å². The zero-order valence-electron chi connectivity index (χ0n) is 11.2. The third-order valence-electron chi connectivity index (χ3n) is 6.70. The topological polar surface area (TPSA) is 38.8 Å². The van der Waals surface area contributed by atoms with Crippen LogP contribution in [-0.4, -0.2) is 18.4 Å². The molecule has 3 fully saturated rings. The summed E-state index contributed by atoms with van der Waals surface area (Å²) in [4.78, 5) is 12.4. The summed E-state index contributed by atoms with van der Waals surface area (Å²) in [6, 6.07) is 0. The summed E-state index contributed by atoms with van der Waals surface area (Å²) in [6.45, 7) is 6.91. The average molecular weight is 248 g/mol. The Morgan fingerprint density at radius 3 is 2.78 bits per heavy atom. The summed E-state index contributed by atoms with van der Waals surface area (Å²) in [5.41, 5.74) is -0.357. The summed E-state index contributed by atoms with van der Waals surface area (Å²) >= 11 is 0. The Balaban J connectivity index is 1.91. The van der Waals surface area contributed by atoms with Crippen molar-refractivity contribution in [2.75, 3.05) is 0 Å². The zero-order chi connectivity index (χ0) is 12.8. The van der Waals surface area contributed by atoms with Crippen molar-refractivity contribution < 1.29 is 14.3 Å². The number of fused-ring (bicyclic) bond motifs is 4. The molecule has 4 rings (SSSR count). The van der Waals surface area contributed by atoms with Crippen molar-refractivity contribution >= 4 is 5.97 Å². The smallest absolute Gasteiger partial charge is 0.318 e. The normalized spacial score (nSPS) is 60.6. The Kier molecular flexibility index (Phi) is 1.74. The van der Waals surface area contributed by atoms with Gasteiger partial charge >= 0.3 is 5.97 Å². The third-order valence-corrected chi connectivity index (χ3v) is 6.70. The lowest BCUT2D eigenvalue weighted by molar-refractivity contribution is -0.167. The molecule has 3 heteroatoms. The molecule has 2 aliphatic heterocycles. The molecular formula is C15H20O3. The molecule has 0 bridgehead atoms. The van der Waals surface area contributed by atoms with Crippen LogP contribution in [0, 0.1) is 22.2 Å². The highest BCUT2D eigenvalue weighted by Crippen LogP contribution is 2.74. The van der Waals surface area contributed by atoms with Crippen molar-refractivity contribution in [2.24, 2.45) is 22.2 Å². The maximum absolute atomic E-state index is 12.4. The van der Waals surface area contributed by atoms with Crippen molar-refractivity contribution in [1.29, 1.82) is 0 Å². The van der Waals surface area contributed by atoms with Crippen molar-refractivity contribution in [3.63, 3.8) is 0 Å². The zero-order valence-corrected chi connectivity index (χ0v) is 11.2. The van der Waals surface area contributed by atoms with Crippen LogP contribution in [0.25, 0.3) is 0 Å². The lowest BCUT2D eigenvalue weighted by atomic mass is 9.51. The predicted molar refractivity (Wildman–Crippen MR) is 65.6 cm³/mol. The van der Waals surface area contributed by atoms with Crippen LogP contribution < -0.4 is 0 Å². The number of ether oxygens (including phenoxy) is 2. The Morgan fingerprint density at radius 1 is 1.33 bits per heavy atom. The van der Waals surface area contributed by atoms with E-state index in [1.54, 1.807) is 0 Å². The maximum atomic E-state index is 12.4. The second kappa shape index (κ2) is 2.84. The molecule has 0 aromatic carbocycles. The molecule has 18 heavy (non-hydrogen) atoms. The van der Waals surface area contributed by atoms with Gasteiger partial charge in [-0.05, 0) is 30.6 Å². The van der Waals surface area contributed by atoms with E-state index in [4.69, 9.17) is 9.47 Å². The maximum Gasteiger partial charge on any atom is 0.318 e. The van der Waals surface area contributed by atoms with E-state index in [1.165, 1.54) is 0 Å². The van der Waals surface area contributed by atoms with Crippen molar-refractivity contribution in [1.82, 2.24) is 0 Å². The average Bonchev–Trinajstić information content (AvgIpc) is 2.94. The van der Waals surface area contributed by atoms with Gasteiger partial charge in [0, 0.05) is 5.41 Å². The van der Waals surface area contributed by atoms with Gasteiger partial charge in [0.25, 0.3) is 0 Å². The standard InChI is InChI=1S/C15H20O3/c1-9-5-4-6-14(3)13(9,2)7-8-15(14)10-11(17-10)18-12(15)16/h4,6,9-11H,5,7-8H2,1-3H3/t9-,10+,11+,13-,14+,15+/m1/s1. The van der Waals surface area contributed by atoms with E-state index in [0.29, 0.717) is 5.92 Å². The highest BCUT2D eigenvalue weighted by atomic mass is 16.8. The molecule has 0 radical (unpaired) electrons. The second-order valence-corrected chi connectivity index (χ2v) is 6.96. The number of rotatable bonds is 0. The summed E-state index contributed by atoms with van der Waals surface area (Å²) in [5, 5.41) is 0. The van der Waals surface area contributed by atoms with Gasteiger partial charge in [0.15, 0.2) is 0 Å². The Morgan fingerprint density at radius 2 is 2.11 bits per heavy atom. The first kappa shape index (κ1) is 11.0. The first-order valence-electron chi connectivity index (χ1n) is 7.00. The van der Waals surface area contributed by atoms with Crippen molar-refractivity contribution in [3.05, 3.63) is 12.2 Å². The van der Waals surface area contributed by atoms with Crippen LogP contribution in [0.1, 0.15) is 40.0 Å². The number of carbonyl (C=O) groups excluding carboxylic acids is 1. The van der Waals surface area contributed by atoms with Gasteiger partial charge in [0.05, 0.1) is 0 Å². The number of allylic oxidation sites excluding steroid dienone is 2. The first-order valence-corrected chi connectivity index (χ1v) is 7.00. The van der Waals surface area contributed by atoms with Gasteiger partial charge in [-0.2, -0.15) is 0 Å². The fraction of sp³-hybridized carbons (Fsp3) is 0.800. The highest BCUT2D eigenvalue weighted by Gasteiger charge is 2.80. The van der Waals surface area contributed by atoms with Crippen LogP contribution in [-0.2, 0) is 14.3 Å². The summed E-state index contributed by atoms with van der Waals surface area (Å²) in [5.74, 6) is 0.589. The predicted octanol–water partition coefficient (Wildman–Crippen LogP) is 2.66. The Hall–Kier alpha value is -0.830. The van der Waals surface area contributed by atoms with E-state index in [2.05, 4.69) is 32.9 Å². The molecular weight excluding hydrogens is 228 g/mol. The summed E-state index contributed by atoms with van der Waals surface area (Å²) < 4.78 is 11.0.